The van der Waals surface area contributed by atoms with Crippen LogP contribution in [-0.2, 0) is 12.8 Å². The van der Waals surface area contributed by atoms with Crippen LogP contribution in [0.2, 0.25) is 0 Å². The number of hydrogen-bond acceptors (Lipinski definition) is 1. The smallest absolute Gasteiger partial charge is 0.125 e. The van der Waals surface area contributed by atoms with E-state index in [-0.39, 0.29) is 5.38 Å². The molecule has 1 heterocycles. The van der Waals surface area contributed by atoms with Crippen LogP contribution in [0, 0.1) is 0 Å². The minimum absolute atomic E-state index is 0.0654. The molecule has 0 saturated heterocycles. The number of rotatable bonds is 4. The Kier molecular flexibility index (Phi) is 4.27. The molecule has 1 aliphatic heterocycles. The molecule has 2 aromatic rings. The Hall–Kier alpha value is -1.47. The van der Waals surface area contributed by atoms with Gasteiger partial charge in [0.25, 0.3) is 0 Å². The van der Waals surface area contributed by atoms with Crippen LogP contribution in [0.1, 0.15) is 34.9 Å². The third-order valence-electron chi connectivity index (χ3n) is 3.84. The van der Waals surface area contributed by atoms with Crippen molar-refractivity contribution in [2.45, 2.75) is 31.1 Å². The fourth-order valence-corrected chi connectivity index (χ4v) is 3.02. The molecule has 0 aromatic heterocycles. The monoisotopic (exact) mass is 286 g/mol. The maximum atomic E-state index is 6.50. The van der Waals surface area contributed by atoms with Gasteiger partial charge >= 0.3 is 0 Å². The highest BCUT2D eigenvalue weighted by atomic mass is 35.5. The van der Waals surface area contributed by atoms with Crippen LogP contribution in [0.25, 0.3) is 0 Å². The van der Waals surface area contributed by atoms with E-state index in [4.69, 9.17) is 16.3 Å². The van der Waals surface area contributed by atoms with Gasteiger partial charge in [-0.3, -0.25) is 0 Å². The van der Waals surface area contributed by atoms with E-state index in [1.807, 2.05) is 18.2 Å². The van der Waals surface area contributed by atoms with E-state index >= 15 is 0 Å². The summed E-state index contributed by atoms with van der Waals surface area (Å²) in [5.74, 6) is 1.11. The Balaban J connectivity index is 1.70. The summed E-state index contributed by atoms with van der Waals surface area (Å²) in [4.78, 5) is 0. The number of ether oxygens (including phenoxy) is 1. The van der Waals surface area contributed by atoms with Crippen LogP contribution in [0.5, 0.6) is 5.75 Å². The SMILES string of the molecule is ClC(CCc1cccc2c1OCCC2)c1ccccc1. The van der Waals surface area contributed by atoms with Crippen LogP contribution >= 0.6 is 11.6 Å². The van der Waals surface area contributed by atoms with E-state index in [1.54, 1.807) is 0 Å². The van der Waals surface area contributed by atoms with Crippen molar-refractivity contribution in [2.24, 2.45) is 0 Å². The van der Waals surface area contributed by atoms with E-state index in [0.29, 0.717) is 0 Å². The number of hydrogen-bond donors (Lipinski definition) is 0. The highest BCUT2D eigenvalue weighted by Crippen LogP contribution is 2.32. The van der Waals surface area contributed by atoms with Gasteiger partial charge in [0, 0.05) is 0 Å². The number of benzene rings is 2. The van der Waals surface area contributed by atoms with Crippen molar-refractivity contribution in [2.75, 3.05) is 6.61 Å². The Morgan fingerprint density at radius 3 is 2.75 bits per heavy atom. The number of halogens is 1. The zero-order valence-corrected chi connectivity index (χ0v) is 12.3. The number of aryl methyl sites for hydroxylation is 2. The molecule has 0 saturated carbocycles. The predicted octanol–water partition coefficient (Wildman–Crippen LogP) is 4.92. The molecule has 0 spiro atoms. The van der Waals surface area contributed by atoms with Crippen LogP contribution in [0.15, 0.2) is 48.5 Å². The summed E-state index contributed by atoms with van der Waals surface area (Å²) in [6, 6.07) is 16.8. The molecule has 0 N–H and O–H groups in total. The molecule has 1 atom stereocenters. The Morgan fingerprint density at radius 2 is 1.90 bits per heavy atom. The second-order valence-electron chi connectivity index (χ2n) is 5.27. The largest absolute Gasteiger partial charge is 0.493 e. The van der Waals surface area contributed by atoms with Crippen LogP contribution in [-0.4, -0.2) is 6.61 Å². The molecule has 3 rings (SSSR count). The Bertz CT molecular complexity index is 565. The average molecular weight is 287 g/mol. The van der Waals surface area contributed by atoms with E-state index in [2.05, 4.69) is 30.3 Å². The standard InChI is InChI=1S/C18H19ClO/c19-17(14-6-2-1-3-7-14)12-11-16-9-4-8-15-10-5-13-20-18(15)16/h1-4,6-9,17H,5,10-13H2. The van der Waals surface area contributed by atoms with Gasteiger partial charge in [-0.05, 0) is 42.4 Å². The van der Waals surface area contributed by atoms with Crippen LogP contribution < -0.4 is 4.74 Å². The Morgan fingerprint density at radius 1 is 1.05 bits per heavy atom. The lowest BCUT2D eigenvalue weighted by molar-refractivity contribution is 0.285. The first-order chi connectivity index (χ1) is 9.84. The minimum atomic E-state index is 0.0654. The molecule has 0 aliphatic carbocycles. The van der Waals surface area contributed by atoms with Gasteiger partial charge in [-0.25, -0.2) is 0 Å². The quantitative estimate of drug-likeness (QED) is 0.725. The third-order valence-corrected chi connectivity index (χ3v) is 4.31. The summed E-state index contributed by atoms with van der Waals surface area (Å²) < 4.78 is 5.85. The lowest BCUT2D eigenvalue weighted by atomic mass is 9.98. The van der Waals surface area contributed by atoms with E-state index in [9.17, 15) is 0 Å². The van der Waals surface area contributed by atoms with Gasteiger partial charge in [0.2, 0.25) is 0 Å². The first-order valence-electron chi connectivity index (χ1n) is 7.27. The van der Waals surface area contributed by atoms with Crippen molar-refractivity contribution < 1.29 is 4.74 Å². The summed E-state index contributed by atoms with van der Waals surface area (Å²) in [6.07, 6.45) is 4.16. The topological polar surface area (TPSA) is 9.23 Å². The van der Waals surface area contributed by atoms with E-state index < -0.39 is 0 Å². The van der Waals surface area contributed by atoms with Gasteiger partial charge in [-0.15, -0.1) is 11.6 Å². The van der Waals surface area contributed by atoms with Crippen LogP contribution in [0.4, 0.5) is 0 Å². The number of fused-ring (bicyclic) bond motifs is 1. The molecule has 2 aromatic carbocycles. The summed E-state index contributed by atoms with van der Waals surface area (Å²) in [5, 5.41) is 0.0654. The van der Waals surface area contributed by atoms with Crippen molar-refractivity contribution in [3.63, 3.8) is 0 Å². The van der Waals surface area contributed by atoms with Gasteiger partial charge in [0.05, 0.1) is 12.0 Å². The van der Waals surface area contributed by atoms with Gasteiger partial charge in [-0.2, -0.15) is 0 Å². The molecule has 1 unspecified atom stereocenters. The third kappa shape index (κ3) is 2.99. The molecular formula is C18H19ClO. The summed E-state index contributed by atoms with van der Waals surface area (Å²) in [7, 11) is 0. The molecule has 0 amide bonds. The lowest BCUT2D eigenvalue weighted by Crippen LogP contribution is -2.10. The van der Waals surface area contributed by atoms with Crippen molar-refractivity contribution in [1.82, 2.24) is 0 Å². The number of alkyl halides is 1. The fourth-order valence-electron chi connectivity index (χ4n) is 2.76. The Labute approximate surface area is 125 Å². The molecule has 1 nitrogen and oxygen atoms in total. The molecular weight excluding hydrogens is 268 g/mol. The molecule has 0 radical (unpaired) electrons. The summed E-state index contributed by atoms with van der Waals surface area (Å²) >= 11 is 6.50. The normalized spacial score (nSPS) is 15.2. The lowest BCUT2D eigenvalue weighted by Gasteiger charge is -2.20. The van der Waals surface area contributed by atoms with Crippen molar-refractivity contribution in [1.29, 1.82) is 0 Å². The van der Waals surface area contributed by atoms with Crippen molar-refractivity contribution in [3.8, 4) is 5.75 Å². The van der Waals surface area contributed by atoms with Gasteiger partial charge < -0.3 is 4.74 Å². The zero-order chi connectivity index (χ0) is 13.8. The van der Waals surface area contributed by atoms with Crippen molar-refractivity contribution in [3.05, 3.63) is 65.2 Å². The molecule has 20 heavy (non-hydrogen) atoms. The molecule has 2 heteroatoms. The van der Waals surface area contributed by atoms with Gasteiger partial charge in [0.15, 0.2) is 0 Å². The molecule has 104 valence electrons. The zero-order valence-electron chi connectivity index (χ0n) is 11.5. The van der Waals surface area contributed by atoms with E-state index in [0.717, 1.165) is 38.0 Å². The highest BCUT2D eigenvalue weighted by molar-refractivity contribution is 6.20. The maximum absolute atomic E-state index is 6.50. The van der Waals surface area contributed by atoms with Crippen molar-refractivity contribution >= 4 is 11.6 Å². The highest BCUT2D eigenvalue weighted by Gasteiger charge is 2.15. The summed E-state index contributed by atoms with van der Waals surface area (Å²) in [6.45, 7) is 0.840. The summed E-state index contributed by atoms with van der Waals surface area (Å²) in [5.41, 5.74) is 3.84. The second kappa shape index (κ2) is 6.32. The minimum Gasteiger partial charge on any atom is -0.493 e. The maximum Gasteiger partial charge on any atom is 0.125 e. The first-order valence-corrected chi connectivity index (χ1v) is 7.71. The molecule has 0 fully saturated rings. The predicted molar refractivity (Wildman–Crippen MR) is 83.6 cm³/mol. The van der Waals surface area contributed by atoms with E-state index in [1.165, 1.54) is 16.7 Å². The molecule has 1 aliphatic rings. The fraction of sp³-hybridized carbons (Fsp3) is 0.333. The van der Waals surface area contributed by atoms with Gasteiger partial charge in [-0.1, -0.05) is 48.5 Å². The van der Waals surface area contributed by atoms with Gasteiger partial charge in [0.1, 0.15) is 5.75 Å². The second-order valence-corrected chi connectivity index (χ2v) is 5.80. The van der Waals surface area contributed by atoms with Crippen LogP contribution in [0.3, 0.4) is 0 Å². The number of para-hydroxylation sites is 1. The first kappa shape index (κ1) is 13.5. The average Bonchev–Trinajstić information content (AvgIpc) is 2.53. The molecule has 0 bridgehead atoms.